The summed E-state index contributed by atoms with van der Waals surface area (Å²) in [5.41, 5.74) is 2.87. The van der Waals surface area contributed by atoms with Gasteiger partial charge in [0.25, 0.3) is 21.8 Å². The van der Waals surface area contributed by atoms with E-state index in [4.69, 9.17) is 11.6 Å². The Morgan fingerprint density at radius 3 is 2.34 bits per heavy atom. The van der Waals surface area contributed by atoms with Gasteiger partial charge in [-0.25, -0.2) is 8.42 Å². The molecule has 2 amide bonds. The monoisotopic (exact) mass is 513 g/mol. The van der Waals surface area contributed by atoms with Gasteiger partial charge in [0.1, 0.15) is 4.90 Å². The van der Waals surface area contributed by atoms with E-state index in [1.54, 1.807) is 43.3 Å². The fraction of sp³-hybridized carbons (Fsp3) is 0.231. The van der Waals surface area contributed by atoms with Crippen LogP contribution in [0, 0.1) is 13.8 Å². The molecule has 0 aliphatic heterocycles. The first-order valence-electron chi connectivity index (χ1n) is 11.1. The number of benzene rings is 3. The number of carbonyl (C=O) groups is 2. The van der Waals surface area contributed by atoms with Crippen LogP contribution in [0.25, 0.3) is 0 Å². The van der Waals surface area contributed by atoms with Crippen molar-refractivity contribution in [3.05, 3.63) is 87.9 Å². The first kappa shape index (κ1) is 26.2. The minimum atomic E-state index is -4.07. The quantitative estimate of drug-likeness (QED) is 0.368. The Kier molecular flexibility index (Phi) is 8.19. The van der Waals surface area contributed by atoms with E-state index in [9.17, 15) is 18.0 Å². The highest BCUT2D eigenvalue weighted by molar-refractivity contribution is 7.92. The Labute approximate surface area is 211 Å². The van der Waals surface area contributed by atoms with Gasteiger partial charge in [-0.2, -0.15) is 0 Å². The van der Waals surface area contributed by atoms with Crippen molar-refractivity contribution in [3.63, 3.8) is 0 Å². The molecule has 0 fully saturated rings. The molecule has 3 aromatic carbocycles. The van der Waals surface area contributed by atoms with Crippen LogP contribution in [0.1, 0.15) is 52.1 Å². The predicted octanol–water partition coefficient (Wildman–Crippen LogP) is 5.54. The minimum absolute atomic E-state index is 0.0212. The van der Waals surface area contributed by atoms with E-state index in [1.807, 2.05) is 26.8 Å². The number of nitrogens with one attached hydrogen (secondary N) is 3. The Morgan fingerprint density at radius 1 is 0.943 bits per heavy atom. The molecule has 0 aromatic heterocycles. The van der Waals surface area contributed by atoms with Crippen LogP contribution in [0.5, 0.6) is 0 Å². The molecule has 0 saturated carbocycles. The third-order valence-corrected chi connectivity index (χ3v) is 7.37. The second kappa shape index (κ2) is 10.9. The topological polar surface area (TPSA) is 104 Å². The van der Waals surface area contributed by atoms with Gasteiger partial charge in [-0.15, -0.1) is 0 Å². The fourth-order valence-electron chi connectivity index (χ4n) is 3.37. The van der Waals surface area contributed by atoms with Crippen molar-refractivity contribution in [2.75, 3.05) is 10.0 Å². The lowest BCUT2D eigenvalue weighted by atomic mass is 10.1. The molecule has 0 bridgehead atoms. The minimum Gasteiger partial charge on any atom is -0.350 e. The second-order valence-corrected chi connectivity index (χ2v) is 10.4. The van der Waals surface area contributed by atoms with Crippen molar-refractivity contribution in [2.45, 2.75) is 45.1 Å². The molecule has 184 valence electrons. The standard InChI is InChI=1S/C26H28ClN3O4S/c1-5-18(4)28-26(32)20-8-6-7-9-23(20)29-25(31)19-11-12-21(27)24(15-19)35(33,34)30-22-13-10-16(2)14-17(22)3/h6-15,18,30H,5H2,1-4H3,(H,28,32)(H,29,31)/t18-/m1/s1. The number of rotatable bonds is 8. The molecule has 1 atom stereocenters. The van der Waals surface area contributed by atoms with Crippen molar-refractivity contribution in [1.29, 1.82) is 0 Å². The van der Waals surface area contributed by atoms with Gasteiger partial charge in [0.2, 0.25) is 0 Å². The van der Waals surface area contributed by atoms with E-state index in [0.717, 1.165) is 17.5 Å². The SMILES string of the molecule is CC[C@@H](C)NC(=O)c1ccccc1NC(=O)c1ccc(Cl)c(S(=O)(=O)Nc2ccc(C)cc2C)c1. The van der Waals surface area contributed by atoms with Crippen molar-refractivity contribution in [3.8, 4) is 0 Å². The van der Waals surface area contributed by atoms with Crippen LogP contribution in [-0.4, -0.2) is 26.3 Å². The highest BCUT2D eigenvalue weighted by atomic mass is 35.5. The lowest BCUT2D eigenvalue weighted by molar-refractivity contribution is 0.0940. The van der Waals surface area contributed by atoms with Gasteiger partial charge in [0, 0.05) is 11.6 Å². The Bertz CT molecular complexity index is 1370. The number of aryl methyl sites for hydroxylation is 2. The van der Waals surface area contributed by atoms with Crippen LogP contribution in [0.2, 0.25) is 5.02 Å². The molecule has 0 heterocycles. The van der Waals surface area contributed by atoms with Crippen LogP contribution >= 0.6 is 11.6 Å². The summed E-state index contributed by atoms with van der Waals surface area (Å²) >= 11 is 6.20. The average molecular weight is 514 g/mol. The lowest BCUT2D eigenvalue weighted by Crippen LogP contribution is -2.32. The van der Waals surface area contributed by atoms with Crippen molar-refractivity contribution in [1.82, 2.24) is 5.32 Å². The summed E-state index contributed by atoms with van der Waals surface area (Å²) in [5.74, 6) is -0.888. The fourth-order valence-corrected chi connectivity index (χ4v) is 5.02. The zero-order valence-corrected chi connectivity index (χ0v) is 21.5. The zero-order chi connectivity index (χ0) is 25.8. The van der Waals surface area contributed by atoms with E-state index in [-0.39, 0.29) is 27.4 Å². The molecule has 3 N–H and O–H groups in total. The molecule has 3 rings (SSSR count). The van der Waals surface area contributed by atoms with E-state index >= 15 is 0 Å². The summed E-state index contributed by atoms with van der Waals surface area (Å²) in [5, 5.41) is 5.55. The van der Waals surface area contributed by atoms with Crippen LogP contribution < -0.4 is 15.4 Å². The Morgan fingerprint density at radius 2 is 1.66 bits per heavy atom. The van der Waals surface area contributed by atoms with E-state index in [0.29, 0.717) is 16.9 Å². The van der Waals surface area contributed by atoms with Gasteiger partial charge < -0.3 is 10.6 Å². The van der Waals surface area contributed by atoms with Gasteiger partial charge in [0.15, 0.2) is 0 Å². The molecule has 0 unspecified atom stereocenters. The molecular formula is C26H28ClN3O4S. The van der Waals surface area contributed by atoms with Gasteiger partial charge in [-0.05, 0) is 69.2 Å². The number of anilines is 2. The predicted molar refractivity (Wildman–Crippen MR) is 140 cm³/mol. The van der Waals surface area contributed by atoms with Gasteiger partial charge in [0.05, 0.1) is 22.0 Å². The smallest absolute Gasteiger partial charge is 0.263 e. The van der Waals surface area contributed by atoms with Gasteiger partial charge >= 0.3 is 0 Å². The number of halogens is 1. The van der Waals surface area contributed by atoms with Gasteiger partial charge in [-0.3, -0.25) is 14.3 Å². The molecule has 0 aliphatic rings. The summed E-state index contributed by atoms with van der Waals surface area (Å²) in [6.45, 7) is 7.56. The van der Waals surface area contributed by atoms with Crippen LogP contribution in [0.15, 0.2) is 65.6 Å². The highest BCUT2D eigenvalue weighted by Crippen LogP contribution is 2.27. The van der Waals surface area contributed by atoms with Crippen molar-refractivity contribution < 1.29 is 18.0 Å². The molecule has 0 aliphatic carbocycles. The number of para-hydroxylation sites is 1. The number of carbonyl (C=O) groups excluding carboxylic acids is 2. The first-order chi connectivity index (χ1) is 16.5. The van der Waals surface area contributed by atoms with E-state index < -0.39 is 15.9 Å². The van der Waals surface area contributed by atoms with Crippen molar-refractivity contribution in [2.24, 2.45) is 0 Å². The summed E-state index contributed by atoms with van der Waals surface area (Å²) in [7, 11) is -4.07. The average Bonchev–Trinajstić information content (AvgIpc) is 2.81. The third-order valence-electron chi connectivity index (χ3n) is 5.52. The summed E-state index contributed by atoms with van der Waals surface area (Å²) in [6, 6.07) is 15.9. The highest BCUT2D eigenvalue weighted by Gasteiger charge is 2.22. The van der Waals surface area contributed by atoms with Crippen molar-refractivity contribution >= 4 is 44.8 Å². The number of amides is 2. The number of hydrogen-bond acceptors (Lipinski definition) is 4. The summed E-state index contributed by atoms with van der Waals surface area (Å²) in [4.78, 5) is 25.4. The summed E-state index contributed by atoms with van der Waals surface area (Å²) in [6.07, 6.45) is 0.762. The Hall–Kier alpha value is -3.36. The molecule has 0 saturated heterocycles. The molecular weight excluding hydrogens is 486 g/mol. The zero-order valence-electron chi connectivity index (χ0n) is 20.0. The molecule has 7 nitrogen and oxygen atoms in total. The normalized spacial score (nSPS) is 12.0. The summed E-state index contributed by atoms with van der Waals surface area (Å²) < 4.78 is 28.7. The van der Waals surface area contributed by atoms with E-state index in [1.165, 1.54) is 18.2 Å². The molecule has 9 heteroatoms. The first-order valence-corrected chi connectivity index (χ1v) is 13.0. The maximum absolute atomic E-state index is 13.1. The molecule has 3 aromatic rings. The van der Waals surface area contributed by atoms with E-state index in [2.05, 4.69) is 15.4 Å². The third kappa shape index (κ3) is 6.41. The number of hydrogen-bond donors (Lipinski definition) is 3. The largest absolute Gasteiger partial charge is 0.350 e. The van der Waals surface area contributed by atoms with Crippen LogP contribution in [0.4, 0.5) is 11.4 Å². The molecule has 0 radical (unpaired) electrons. The van der Waals surface area contributed by atoms with Crippen LogP contribution in [0.3, 0.4) is 0 Å². The van der Waals surface area contributed by atoms with Gasteiger partial charge in [-0.1, -0.05) is 48.4 Å². The lowest BCUT2D eigenvalue weighted by Gasteiger charge is -2.15. The van der Waals surface area contributed by atoms with Crippen LogP contribution in [-0.2, 0) is 10.0 Å². The Balaban J connectivity index is 1.88. The second-order valence-electron chi connectivity index (χ2n) is 8.35. The molecule has 35 heavy (non-hydrogen) atoms. The maximum atomic E-state index is 13.1. The number of sulfonamides is 1. The molecule has 0 spiro atoms. The maximum Gasteiger partial charge on any atom is 0.263 e.